The molecule has 0 bridgehead atoms. The molecule has 1 heterocycles. The summed E-state index contributed by atoms with van der Waals surface area (Å²) in [6.07, 6.45) is 5.38. The van der Waals surface area contributed by atoms with Gasteiger partial charge in [0.2, 0.25) is 0 Å². The van der Waals surface area contributed by atoms with Crippen LogP contribution in [0.3, 0.4) is 0 Å². The van der Waals surface area contributed by atoms with Crippen molar-refractivity contribution in [1.82, 2.24) is 10.2 Å². The van der Waals surface area contributed by atoms with E-state index in [0.717, 1.165) is 12.1 Å². The van der Waals surface area contributed by atoms with E-state index in [2.05, 4.69) is 40.5 Å². The average Bonchev–Trinajstić information content (AvgIpc) is 2.86. The maximum atomic E-state index is 3.67. The van der Waals surface area contributed by atoms with Crippen molar-refractivity contribution >= 4 is 0 Å². The van der Waals surface area contributed by atoms with Crippen LogP contribution < -0.4 is 5.32 Å². The van der Waals surface area contributed by atoms with E-state index in [-0.39, 0.29) is 0 Å². The third-order valence-electron chi connectivity index (χ3n) is 4.28. The lowest BCUT2D eigenvalue weighted by Crippen LogP contribution is -2.55. The van der Waals surface area contributed by atoms with E-state index in [1.807, 2.05) is 0 Å². The van der Waals surface area contributed by atoms with Gasteiger partial charge in [0.1, 0.15) is 0 Å². The minimum Gasteiger partial charge on any atom is -0.311 e. The summed E-state index contributed by atoms with van der Waals surface area (Å²) in [7, 11) is 0. The summed E-state index contributed by atoms with van der Waals surface area (Å²) < 4.78 is 0. The zero-order chi connectivity index (χ0) is 11.5. The van der Waals surface area contributed by atoms with Crippen LogP contribution in [0.2, 0.25) is 0 Å². The second-order valence-electron chi connectivity index (χ2n) is 5.33. The minimum atomic E-state index is 0.777. The summed E-state index contributed by atoms with van der Waals surface area (Å²) in [6.45, 7) is 3.64. The summed E-state index contributed by atoms with van der Waals surface area (Å²) >= 11 is 0. The van der Waals surface area contributed by atoms with Gasteiger partial charge in [0.05, 0.1) is 0 Å². The predicted molar refractivity (Wildman–Crippen MR) is 71.1 cm³/mol. The fourth-order valence-corrected chi connectivity index (χ4v) is 3.37. The molecule has 2 atom stereocenters. The number of rotatable bonds is 3. The van der Waals surface area contributed by atoms with Crippen LogP contribution in [0.15, 0.2) is 30.3 Å². The van der Waals surface area contributed by atoms with E-state index >= 15 is 0 Å². The largest absolute Gasteiger partial charge is 0.311 e. The van der Waals surface area contributed by atoms with Gasteiger partial charge in [-0.3, -0.25) is 4.90 Å². The predicted octanol–water partition coefficient (Wildman–Crippen LogP) is 2.06. The highest BCUT2D eigenvalue weighted by Crippen LogP contribution is 2.26. The quantitative estimate of drug-likeness (QED) is 0.855. The van der Waals surface area contributed by atoms with E-state index in [1.165, 1.54) is 50.9 Å². The van der Waals surface area contributed by atoms with Gasteiger partial charge in [-0.1, -0.05) is 36.8 Å². The van der Waals surface area contributed by atoms with Crippen LogP contribution in [0.1, 0.15) is 24.8 Å². The average molecular weight is 230 g/mol. The van der Waals surface area contributed by atoms with Gasteiger partial charge in [-0.05, 0) is 24.8 Å². The molecule has 1 aliphatic heterocycles. The first-order valence-corrected chi connectivity index (χ1v) is 6.95. The van der Waals surface area contributed by atoms with Gasteiger partial charge in [0.25, 0.3) is 0 Å². The molecule has 2 nitrogen and oxygen atoms in total. The second kappa shape index (κ2) is 5.19. The fraction of sp³-hybridized carbons (Fsp3) is 0.600. The number of piperazine rings is 1. The maximum absolute atomic E-state index is 3.67. The number of nitrogens with one attached hydrogen (secondary N) is 1. The molecule has 1 aliphatic carbocycles. The first kappa shape index (κ1) is 11.2. The van der Waals surface area contributed by atoms with Crippen LogP contribution in [-0.2, 0) is 6.42 Å². The van der Waals surface area contributed by atoms with Gasteiger partial charge in [-0.25, -0.2) is 0 Å². The molecule has 0 amide bonds. The molecule has 0 unspecified atom stereocenters. The highest BCUT2D eigenvalue weighted by molar-refractivity contribution is 5.15. The molecule has 0 radical (unpaired) electrons. The lowest BCUT2D eigenvalue weighted by molar-refractivity contribution is 0.138. The normalized spacial score (nSPS) is 29.2. The zero-order valence-electron chi connectivity index (χ0n) is 10.4. The molecular weight excluding hydrogens is 208 g/mol. The Balaban J connectivity index is 1.57. The Hall–Kier alpha value is -0.860. The van der Waals surface area contributed by atoms with Crippen molar-refractivity contribution in [3.63, 3.8) is 0 Å². The SMILES string of the molecule is c1ccc(CCN2CCN[C@H]3CCC[C@@H]32)cc1. The van der Waals surface area contributed by atoms with E-state index in [1.54, 1.807) is 0 Å². The molecule has 3 rings (SSSR count). The monoisotopic (exact) mass is 230 g/mol. The molecule has 2 aliphatic rings. The van der Waals surface area contributed by atoms with Crippen LogP contribution >= 0.6 is 0 Å². The molecule has 0 spiro atoms. The van der Waals surface area contributed by atoms with Crippen molar-refractivity contribution in [1.29, 1.82) is 0 Å². The Morgan fingerprint density at radius 2 is 2.06 bits per heavy atom. The van der Waals surface area contributed by atoms with Gasteiger partial charge in [-0.2, -0.15) is 0 Å². The number of hydrogen-bond donors (Lipinski definition) is 1. The van der Waals surface area contributed by atoms with Crippen molar-refractivity contribution in [2.45, 2.75) is 37.8 Å². The third kappa shape index (κ3) is 2.53. The Kier molecular flexibility index (Phi) is 3.44. The van der Waals surface area contributed by atoms with Crippen molar-refractivity contribution in [3.05, 3.63) is 35.9 Å². The van der Waals surface area contributed by atoms with E-state index < -0.39 is 0 Å². The van der Waals surface area contributed by atoms with E-state index in [4.69, 9.17) is 0 Å². The molecule has 2 heteroatoms. The highest BCUT2D eigenvalue weighted by Gasteiger charge is 2.34. The first-order chi connectivity index (χ1) is 8.43. The topological polar surface area (TPSA) is 15.3 Å². The number of benzene rings is 1. The van der Waals surface area contributed by atoms with E-state index in [9.17, 15) is 0 Å². The number of fused-ring (bicyclic) bond motifs is 1. The third-order valence-corrected chi connectivity index (χ3v) is 4.28. The lowest BCUT2D eigenvalue weighted by Gasteiger charge is -2.38. The van der Waals surface area contributed by atoms with Crippen LogP contribution in [0, 0.1) is 0 Å². The smallest absolute Gasteiger partial charge is 0.0250 e. The lowest BCUT2D eigenvalue weighted by atomic mass is 10.1. The van der Waals surface area contributed by atoms with Crippen molar-refractivity contribution in [3.8, 4) is 0 Å². The Labute approximate surface area is 104 Å². The molecule has 1 saturated carbocycles. The molecule has 2 fully saturated rings. The maximum Gasteiger partial charge on any atom is 0.0250 e. The summed E-state index contributed by atoms with van der Waals surface area (Å²) in [5.74, 6) is 0. The summed E-state index contributed by atoms with van der Waals surface area (Å²) in [4.78, 5) is 2.71. The van der Waals surface area contributed by atoms with Crippen LogP contribution in [0.4, 0.5) is 0 Å². The Morgan fingerprint density at radius 3 is 2.94 bits per heavy atom. The van der Waals surface area contributed by atoms with Gasteiger partial charge < -0.3 is 5.32 Å². The highest BCUT2D eigenvalue weighted by atomic mass is 15.2. The van der Waals surface area contributed by atoms with Crippen molar-refractivity contribution < 1.29 is 0 Å². The van der Waals surface area contributed by atoms with Crippen molar-refractivity contribution in [2.75, 3.05) is 19.6 Å². The fourth-order valence-electron chi connectivity index (χ4n) is 3.37. The Morgan fingerprint density at radius 1 is 1.18 bits per heavy atom. The molecule has 1 N–H and O–H groups in total. The number of hydrogen-bond acceptors (Lipinski definition) is 2. The van der Waals surface area contributed by atoms with Crippen LogP contribution in [0.5, 0.6) is 0 Å². The second-order valence-corrected chi connectivity index (χ2v) is 5.33. The van der Waals surface area contributed by atoms with Gasteiger partial charge in [-0.15, -0.1) is 0 Å². The van der Waals surface area contributed by atoms with E-state index in [0.29, 0.717) is 0 Å². The zero-order valence-corrected chi connectivity index (χ0v) is 10.4. The van der Waals surface area contributed by atoms with Crippen LogP contribution in [-0.4, -0.2) is 36.6 Å². The van der Waals surface area contributed by atoms with Crippen molar-refractivity contribution in [2.24, 2.45) is 0 Å². The standard InChI is InChI=1S/C15H22N2/c1-2-5-13(6-3-1)9-11-17-12-10-16-14-7-4-8-15(14)17/h1-3,5-6,14-16H,4,7-12H2/t14-,15-/m0/s1. The minimum absolute atomic E-state index is 0.777. The molecule has 0 aromatic heterocycles. The van der Waals surface area contributed by atoms with Crippen LogP contribution in [0.25, 0.3) is 0 Å². The molecule has 1 aromatic carbocycles. The summed E-state index contributed by atoms with van der Waals surface area (Å²) in [5.41, 5.74) is 1.47. The Bertz CT molecular complexity index is 349. The molecular formula is C15H22N2. The van der Waals surface area contributed by atoms with Gasteiger partial charge in [0.15, 0.2) is 0 Å². The number of nitrogens with zero attached hydrogens (tertiary/aromatic N) is 1. The summed E-state index contributed by atoms with van der Waals surface area (Å²) in [5, 5.41) is 3.67. The molecule has 17 heavy (non-hydrogen) atoms. The first-order valence-electron chi connectivity index (χ1n) is 6.95. The van der Waals surface area contributed by atoms with Gasteiger partial charge in [0, 0.05) is 31.7 Å². The molecule has 1 saturated heterocycles. The summed E-state index contributed by atoms with van der Waals surface area (Å²) in [6, 6.07) is 12.5. The molecule has 92 valence electrons. The molecule has 1 aromatic rings. The van der Waals surface area contributed by atoms with Gasteiger partial charge >= 0.3 is 0 Å².